The molecule has 0 atom stereocenters. The predicted octanol–water partition coefficient (Wildman–Crippen LogP) is 6.62. The van der Waals surface area contributed by atoms with Crippen molar-refractivity contribution < 1.29 is 13.2 Å². The molecule has 0 saturated heterocycles. The van der Waals surface area contributed by atoms with Gasteiger partial charge >= 0.3 is 0 Å². The number of halogens is 1. The molecule has 1 heterocycles. The fourth-order valence-electron chi connectivity index (χ4n) is 3.58. The Morgan fingerprint density at radius 3 is 1.69 bits per heavy atom. The second kappa shape index (κ2) is 8.13. The zero-order chi connectivity index (χ0) is 22.3. The second-order valence-electron chi connectivity index (χ2n) is 7.16. The van der Waals surface area contributed by atoms with E-state index in [-0.39, 0.29) is 15.7 Å². The summed E-state index contributed by atoms with van der Waals surface area (Å²) in [5.74, 6) is -0.222. The largest absolute Gasteiger partial charge is 0.275 e. The van der Waals surface area contributed by atoms with E-state index in [9.17, 15) is 13.2 Å². The van der Waals surface area contributed by atoms with Crippen LogP contribution < -0.4 is 4.90 Å². The number of para-hydroxylation sites is 2. The molecule has 32 heavy (non-hydrogen) atoms. The Morgan fingerprint density at radius 2 is 1.16 bits per heavy atom. The average Bonchev–Trinajstić information content (AvgIpc) is 2.82. The van der Waals surface area contributed by atoms with E-state index in [0.29, 0.717) is 10.6 Å². The summed E-state index contributed by atoms with van der Waals surface area (Å²) in [5.41, 5.74) is 2.01. The van der Waals surface area contributed by atoms with E-state index in [0.717, 1.165) is 21.2 Å². The Kier molecular flexibility index (Phi) is 5.29. The number of fused-ring (bicyclic) bond motifs is 2. The van der Waals surface area contributed by atoms with Crippen LogP contribution in [0.2, 0.25) is 5.02 Å². The number of sulfone groups is 1. The number of carbonyl (C=O) groups excluding carboxylic acids is 1. The molecule has 4 aromatic carbocycles. The Bertz CT molecular complexity index is 1390. The summed E-state index contributed by atoms with van der Waals surface area (Å²) in [5, 5.41) is 0.463. The SMILES string of the molecule is O=C(c1ccc(S(=O)(=O)c2ccc(Cl)cc2)cc1)N1c2ccccc2Sc2ccccc21. The first-order chi connectivity index (χ1) is 15.4. The summed E-state index contributed by atoms with van der Waals surface area (Å²) in [6, 6.07) is 27.5. The van der Waals surface area contributed by atoms with Crippen LogP contribution in [0, 0.1) is 0 Å². The Hall–Kier alpha value is -3.06. The Labute approximate surface area is 195 Å². The second-order valence-corrected chi connectivity index (χ2v) is 10.6. The van der Waals surface area contributed by atoms with Crippen LogP contribution in [0.15, 0.2) is 117 Å². The molecule has 0 aliphatic carbocycles. The van der Waals surface area contributed by atoms with Crippen molar-refractivity contribution in [3.8, 4) is 0 Å². The minimum absolute atomic E-state index is 0.117. The number of benzene rings is 4. The fraction of sp³-hybridized carbons (Fsp3) is 0. The lowest BCUT2D eigenvalue weighted by atomic mass is 10.1. The van der Waals surface area contributed by atoms with Gasteiger partial charge in [-0.15, -0.1) is 0 Å². The summed E-state index contributed by atoms with van der Waals surface area (Å²) in [6.07, 6.45) is 0. The van der Waals surface area contributed by atoms with Gasteiger partial charge in [-0.2, -0.15) is 0 Å². The molecule has 0 fully saturated rings. The van der Waals surface area contributed by atoms with E-state index < -0.39 is 9.84 Å². The molecule has 0 N–H and O–H groups in total. The van der Waals surface area contributed by atoms with Gasteiger partial charge in [0.1, 0.15) is 0 Å². The maximum absolute atomic E-state index is 13.5. The highest BCUT2D eigenvalue weighted by molar-refractivity contribution is 7.99. The van der Waals surface area contributed by atoms with Gasteiger partial charge in [0.25, 0.3) is 5.91 Å². The lowest BCUT2D eigenvalue weighted by Gasteiger charge is -2.31. The number of hydrogen-bond acceptors (Lipinski definition) is 4. The molecular weight excluding hydrogens is 462 g/mol. The number of hydrogen-bond donors (Lipinski definition) is 0. The van der Waals surface area contributed by atoms with E-state index in [4.69, 9.17) is 11.6 Å². The van der Waals surface area contributed by atoms with E-state index in [1.165, 1.54) is 36.4 Å². The van der Waals surface area contributed by atoms with Crippen LogP contribution in [0.5, 0.6) is 0 Å². The molecular formula is C25H16ClNO3S2. The molecule has 4 aromatic rings. The van der Waals surface area contributed by atoms with E-state index in [2.05, 4.69) is 0 Å². The van der Waals surface area contributed by atoms with Crippen LogP contribution in [-0.4, -0.2) is 14.3 Å². The molecule has 0 bridgehead atoms. The third kappa shape index (κ3) is 3.60. The van der Waals surface area contributed by atoms with Crippen LogP contribution >= 0.6 is 23.4 Å². The Morgan fingerprint density at radius 1 is 0.688 bits per heavy atom. The number of nitrogens with zero attached hydrogens (tertiary/aromatic N) is 1. The van der Waals surface area contributed by atoms with Crippen molar-refractivity contribution in [2.45, 2.75) is 19.6 Å². The topological polar surface area (TPSA) is 54.5 Å². The first kappa shape index (κ1) is 20.8. The maximum Gasteiger partial charge on any atom is 0.262 e. The molecule has 158 valence electrons. The molecule has 0 saturated carbocycles. The van der Waals surface area contributed by atoms with Gasteiger partial charge in [-0.05, 0) is 72.8 Å². The monoisotopic (exact) mass is 477 g/mol. The third-order valence-corrected chi connectivity index (χ3v) is 8.34. The van der Waals surface area contributed by atoms with Crippen LogP contribution in [-0.2, 0) is 9.84 Å². The maximum atomic E-state index is 13.5. The molecule has 1 aliphatic rings. The zero-order valence-corrected chi connectivity index (χ0v) is 19.0. The quantitative estimate of drug-likeness (QED) is 0.333. The van der Waals surface area contributed by atoms with E-state index in [1.807, 2.05) is 48.5 Å². The van der Waals surface area contributed by atoms with Crippen LogP contribution in [0.25, 0.3) is 0 Å². The van der Waals surface area contributed by atoms with Gasteiger partial charge in [0.15, 0.2) is 0 Å². The number of anilines is 2. The first-order valence-corrected chi connectivity index (χ1v) is 12.4. The molecule has 0 radical (unpaired) electrons. The predicted molar refractivity (Wildman–Crippen MR) is 127 cm³/mol. The van der Waals surface area contributed by atoms with Crippen molar-refractivity contribution in [2.24, 2.45) is 0 Å². The molecule has 7 heteroatoms. The molecule has 0 spiro atoms. The zero-order valence-electron chi connectivity index (χ0n) is 16.6. The normalized spacial score (nSPS) is 12.7. The Balaban J connectivity index is 1.52. The van der Waals surface area contributed by atoms with Gasteiger partial charge in [0.05, 0.1) is 21.2 Å². The van der Waals surface area contributed by atoms with Crippen molar-refractivity contribution in [1.82, 2.24) is 0 Å². The standard InChI is InChI=1S/C25H16ClNO3S2/c26-18-11-15-20(16-12-18)32(29,30)19-13-9-17(10-14-19)25(28)27-21-5-1-3-7-23(21)31-24-8-4-2-6-22(24)27/h1-16H. The molecule has 1 aliphatic heterocycles. The molecule has 1 amide bonds. The first-order valence-electron chi connectivity index (χ1n) is 9.76. The molecule has 5 rings (SSSR count). The summed E-state index contributed by atoms with van der Waals surface area (Å²) in [4.78, 5) is 17.5. The van der Waals surface area contributed by atoms with Gasteiger partial charge in [-0.3, -0.25) is 9.69 Å². The van der Waals surface area contributed by atoms with Gasteiger partial charge in [-0.25, -0.2) is 8.42 Å². The van der Waals surface area contributed by atoms with Gasteiger partial charge in [-0.1, -0.05) is 47.6 Å². The number of rotatable bonds is 3. The summed E-state index contributed by atoms with van der Waals surface area (Å²) < 4.78 is 25.8. The highest BCUT2D eigenvalue weighted by atomic mass is 35.5. The third-order valence-electron chi connectivity index (χ3n) is 5.17. The van der Waals surface area contributed by atoms with Crippen molar-refractivity contribution in [2.75, 3.05) is 4.90 Å². The van der Waals surface area contributed by atoms with Crippen molar-refractivity contribution in [1.29, 1.82) is 0 Å². The van der Waals surface area contributed by atoms with Crippen molar-refractivity contribution >= 4 is 50.5 Å². The van der Waals surface area contributed by atoms with Gasteiger partial charge < -0.3 is 0 Å². The highest BCUT2D eigenvalue weighted by Crippen LogP contribution is 2.48. The molecule has 4 nitrogen and oxygen atoms in total. The minimum atomic E-state index is -3.71. The van der Waals surface area contributed by atoms with Crippen LogP contribution in [0.1, 0.15) is 10.4 Å². The average molecular weight is 478 g/mol. The lowest BCUT2D eigenvalue weighted by Crippen LogP contribution is -2.28. The highest BCUT2D eigenvalue weighted by Gasteiger charge is 2.29. The summed E-state index contributed by atoms with van der Waals surface area (Å²) in [6.45, 7) is 0. The van der Waals surface area contributed by atoms with E-state index >= 15 is 0 Å². The van der Waals surface area contributed by atoms with Crippen molar-refractivity contribution in [3.63, 3.8) is 0 Å². The smallest absolute Gasteiger partial charge is 0.262 e. The minimum Gasteiger partial charge on any atom is -0.275 e. The van der Waals surface area contributed by atoms with Crippen molar-refractivity contribution in [3.05, 3.63) is 108 Å². The van der Waals surface area contributed by atoms with Crippen LogP contribution in [0.4, 0.5) is 11.4 Å². The number of amides is 1. The lowest BCUT2D eigenvalue weighted by molar-refractivity contribution is 0.0998. The fourth-order valence-corrected chi connectivity index (χ4v) is 6.02. The molecule has 0 aromatic heterocycles. The van der Waals surface area contributed by atoms with Crippen LogP contribution in [0.3, 0.4) is 0 Å². The molecule has 0 unspecified atom stereocenters. The number of carbonyl (C=O) groups is 1. The van der Waals surface area contributed by atoms with Gasteiger partial charge in [0, 0.05) is 20.4 Å². The summed E-state index contributed by atoms with van der Waals surface area (Å²) in [7, 11) is -3.71. The summed E-state index contributed by atoms with van der Waals surface area (Å²) >= 11 is 7.49. The van der Waals surface area contributed by atoms with Gasteiger partial charge in [0.2, 0.25) is 9.84 Å². The van der Waals surface area contributed by atoms with E-state index in [1.54, 1.807) is 28.8 Å².